The second-order valence-corrected chi connectivity index (χ2v) is 10.9. The molecule has 0 amide bonds. The molecule has 3 aromatic rings. The molecule has 0 saturated heterocycles. The Hall–Kier alpha value is -3.52. The predicted molar refractivity (Wildman–Crippen MR) is 133 cm³/mol. The van der Waals surface area contributed by atoms with Gasteiger partial charge < -0.3 is 10.1 Å². The summed E-state index contributed by atoms with van der Waals surface area (Å²) in [7, 11) is -3.59. The topological polar surface area (TPSA) is 80.7 Å². The first-order valence-corrected chi connectivity index (χ1v) is 12.7. The van der Waals surface area contributed by atoms with E-state index in [0.717, 1.165) is 17.0 Å². The number of nitrogens with zero attached hydrogens (tertiary/aromatic N) is 2. The van der Waals surface area contributed by atoms with E-state index < -0.39 is 15.1 Å². The van der Waals surface area contributed by atoms with Gasteiger partial charge in [-0.15, -0.1) is 0 Å². The Morgan fingerprint density at radius 1 is 1.21 bits per heavy atom. The van der Waals surface area contributed by atoms with Crippen LogP contribution in [-0.4, -0.2) is 31.0 Å². The maximum atomic E-state index is 14.5. The molecule has 0 spiro atoms. The second kappa shape index (κ2) is 8.36. The maximum absolute atomic E-state index is 14.5. The zero-order chi connectivity index (χ0) is 24.0. The maximum Gasteiger partial charge on any atom is 0.184 e. The fraction of sp³-hybridized carbons (Fsp3) is 0.231. The lowest BCUT2D eigenvalue weighted by Crippen LogP contribution is -2.15. The highest BCUT2D eigenvalue weighted by Gasteiger charge is 2.27. The third-order valence-electron chi connectivity index (χ3n) is 5.96. The molecular formula is C26H24FN3O3S. The zero-order valence-electron chi connectivity index (χ0n) is 19.1. The highest BCUT2D eigenvalue weighted by atomic mass is 32.2. The summed E-state index contributed by atoms with van der Waals surface area (Å²) in [6.07, 6.45) is 6.08. The van der Waals surface area contributed by atoms with E-state index in [4.69, 9.17) is 4.74 Å². The average molecular weight is 478 g/mol. The molecule has 1 N–H and O–H groups in total. The molecule has 0 radical (unpaired) electrons. The smallest absolute Gasteiger partial charge is 0.184 e. The number of sulfone groups is 1. The molecule has 6 nitrogen and oxygen atoms in total. The van der Waals surface area contributed by atoms with Gasteiger partial charge in [0, 0.05) is 46.6 Å². The molecule has 174 valence electrons. The van der Waals surface area contributed by atoms with E-state index in [9.17, 15) is 12.8 Å². The minimum atomic E-state index is -3.59. The Morgan fingerprint density at radius 2 is 2.03 bits per heavy atom. The molecule has 8 heteroatoms. The van der Waals surface area contributed by atoms with Gasteiger partial charge in [0.05, 0.1) is 28.8 Å². The quantitative estimate of drug-likeness (QED) is 0.484. The first-order valence-electron chi connectivity index (χ1n) is 11.1. The zero-order valence-corrected chi connectivity index (χ0v) is 19.9. The van der Waals surface area contributed by atoms with Crippen molar-refractivity contribution < 1.29 is 17.5 Å². The van der Waals surface area contributed by atoms with Crippen LogP contribution in [-0.2, 0) is 9.84 Å². The van der Waals surface area contributed by atoms with Gasteiger partial charge in [0.2, 0.25) is 0 Å². The molecular weight excluding hydrogens is 453 g/mol. The van der Waals surface area contributed by atoms with Crippen molar-refractivity contribution in [2.75, 3.05) is 11.9 Å². The fourth-order valence-corrected chi connectivity index (χ4v) is 5.39. The molecule has 5 rings (SSSR count). The van der Waals surface area contributed by atoms with Crippen LogP contribution < -0.4 is 10.1 Å². The molecule has 2 aromatic carbocycles. The molecule has 0 unspecified atom stereocenters. The SMILES string of the molecule is CCOc1cc2nccc(NC3=CCC4=Nc5cccc(F)c5C4=C3)c2cc1S(=O)(=O)C(C)C. The number of rotatable bonds is 6. The standard InChI is InChI=1S/C26H24FN3O3S/c1-4-33-24-14-23-17(13-25(24)34(31,32)15(2)3)21(10-11-28-23)29-16-8-9-20-18(12-16)26-19(27)6-5-7-22(26)30-20/h5-8,10-15H,4,9H2,1-3H3,(H,28,29). The number of halogens is 1. The number of ether oxygens (including phenoxy) is 1. The summed E-state index contributed by atoms with van der Waals surface area (Å²) in [5.41, 5.74) is 4.83. The van der Waals surface area contributed by atoms with Crippen molar-refractivity contribution in [1.29, 1.82) is 0 Å². The van der Waals surface area contributed by atoms with E-state index in [1.807, 2.05) is 19.1 Å². The van der Waals surface area contributed by atoms with Gasteiger partial charge in [-0.25, -0.2) is 12.8 Å². The highest BCUT2D eigenvalue weighted by molar-refractivity contribution is 7.92. The molecule has 1 aliphatic carbocycles. The summed E-state index contributed by atoms with van der Waals surface area (Å²) in [6, 6.07) is 9.98. The molecule has 0 atom stereocenters. The van der Waals surface area contributed by atoms with Gasteiger partial charge in [-0.05, 0) is 51.1 Å². The largest absolute Gasteiger partial charge is 0.492 e. The van der Waals surface area contributed by atoms with E-state index in [0.29, 0.717) is 46.6 Å². The van der Waals surface area contributed by atoms with E-state index >= 15 is 0 Å². The highest BCUT2D eigenvalue weighted by Crippen LogP contribution is 2.41. The Labute approximate surface area is 197 Å². The third-order valence-corrected chi connectivity index (χ3v) is 8.13. The van der Waals surface area contributed by atoms with Crippen molar-refractivity contribution >= 4 is 43.4 Å². The molecule has 34 heavy (non-hydrogen) atoms. The summed E-state index contributed by atoms with van der Waals surface area (Å²) in [4.78, 5) is 9.12. The molecule has 0 bridgehead atoms. The van der Waals surface area contributed by atoms with E-state index in [1.54, 1.807) is 50.4 Å². The third kappa shape index (κ3) is 3.68. The Bertz CT molecular complexity index is 1520. The van der Waals surface area contributed by atoms with Crippen molar-refractivity contribution in [2.24, 2.45) is 4.99 Å². The van der Waals surface area contributed by atoms with Gasteiger partial charge in [0.25, 0.3) is 0 Å². The minimum absolute atomic E-state index is 0.144. The van der Waals surface area contributed by atoms with Crippen molar-refractivity contribution in [3.63, 3.8) is 0 Å². The summed E-state index contributed by atoms with van der Waals surface area (Å²) < 4.78 is 46.3. The van der Waals surface area contributed by atoms with Crippen LogP contribution in [0.15, 0.2) is 70.3 Å². The molecule has 0 saturated carbocycles. The first-order chi connectivity index (χ1) is 16.3. The van der Waals surface area contributed by atoms with Crippen LogP contribution in [0.2, 0.25) is 0 Å². The number of aromatic nitrogens is 1. The number of pyridine rings is 1. The number of benzene rings is 2. The van der Waals surface area contributed by atoms with Crippen molar-refractivity contribution in [3.8, 4) is 5.75 Å². The van der Waals surface area contributed by atoms with E-state index in [2.05, 4.69) is 15.3 Å². The molecule has 2 aliphatic rings. The van der Waals surface area contributed by atoms with Gasteiger partial charge in [-0.3, -0.25) is 9.98 Å². The van der Waals surface area contributed by atoms with Crippen LogP contribution in [0.5, 0.6) is 5.75 Å². The normalized spacial score (nSPS) is 14.9. The molecule has 1 aromatic heterocycles. The number of anilines is 1. The summed E-state index contributed by atoms with van der Waals surface area (Å²) >= 11 is 0. The lowest BCUT2D eigenvalue weighted by Gasteiger charge is -2.18. The number of aliphatic imine (C=N–C) groups is 1. The van der Waals surface area contributed by atoms with Crippen LogP contribution in [0.4, 0.5) is 15.8 Å². The number of fused-ring (bicyclic) bond motifs is 4. The Kier molecular flexibility index (Phi) is 5.48. The lowest BCUT2D eigenvalue weighted by atomic mass is 9.95. The minimum Gasteiger partial charge on any atom is -0.492 e. The predicted octanol–water partition coefficient (Wildman–Crippen LogP) is 5.82. The number of hydrogen-bond acceptors (Lipinski definition) is 6. The monoisotopic (exact) mass is 477 g/mol. The van der Waals surface area contributed by atoms with E-state index in [-0.39, 0.29) is 10.7 Å². The van der Waals surface area contributed by atoms with Gasteiger partial charge in [0.1, 0.15) is 16.5 Å². The number of allylic oxidation sites excluding steroid dienone is 3. The van der Waals surface area contributed by atoms with Crippen molar-refractivity contribution in [3.05, 3.63) is 71.8 Å². The van der Waals surface area contributed by atoms with Crippen molar-refractivity contribution in [2.45, 2.75) is 37.3 Å². The van der Waals surface area contributed by atoms with Gasteiger partial charge in [-0.1, -0.05) is 12.1 Å². The van der Waals surface area contributed by atoms with Crippen LogP contribution in [0.3, 0.4) is 0 Å². The van der Waals surface area contributed by atoms with Crippen LogP contribution >= 0.6 is 0 Å². The Morgan fingerprint density at radius 3 is 2.79 bits per heavy atom. The van der Waals surface area contributed by atoms with Gasteiger partial charge in [0.15, 0.2) is 9.84 Å². The lowest BCUT2D eigenvalue weighted by molar-refractivity contribution is 0.331. The van der Waals surface area contributed by atoms with Crippen LogP contribution in [0.1, 0.15) is 32.8 Å². The van der Waals surface area contributed by atoms with Crippen molar-refractivity contribution in [1.82, 2.24) is 4.98 Å². The average Bonchev–Trinajstić information content (AvgIpc) is 3.18. The van der Waals surface area contributed by atoms with Crippen LogP contribution in [0, 0.1) is 5.82 Å². The molecule has 2 heterocycles. The number of hydrogen-bond donors (Lipinski definition) is 1. The summed E-state index contributed by atoms with van der Waals surface area (Å²) in [5.74, 6) is -0.00339. The van der Waals surface area contributed by atoms with Gasteiger partial charge >= 0.3 is 0 Å². The van der Waals surface area contributed by atoms with Gasteiger partial charge in [-0.2, -0.15) is 0 Å². The fourth-order valence-electron chi connectivity index (χ4n) is 4.20. The second-order valence-electron chi connectivity index (χ2n) is 8.44. The summed E-state index contributed by atoms with van der Waals surface area (Å²) in [5, 5.41) is 3.43. The van der Waals surface area contributed by atoms with Crippen LogP contribution in [0.25, 0.3) is 16.5 Å². The first kappa shape index (κ1) is 22.3. The number of nitrogens with one attached hydrogen (secondary N) is 1. The molecule has 0 fully saturated rings. The molecule has 1 aliphatic heterocycles. The Balaban J connectivity index is 1.58. The van der Waals surface area contributed by atoms with E-state index in [1.165, 1.54) is 6.07 Å². The summed E-state index contributed by atoms with van der Waals surface area (Å²) in [6.45, 7) is 5.45.